The molecule has 0 saturated carbocycles. The predicted octanol–water partition coefficient (Wildman–Crippen LogP) is 9.21. The van der Waals surface area contributed by atoms with E-state index in [0.717, 1.165) is 44.9 Å². The summed E-state index contributed by atoms with van der Waals surface area (Å²) in [6.07, 6.45) is 11.5. The Hall–Kier alpha value is -2.24. The summed E-state index contributed by atoms with van der Waals surface area (Å²) in [5, 5.41) is 0. The van der Waals surface area contributed by atoms with Crippen LogP contribution in [-0.2, 0) is 12.8 Å². The van der Waals surface area contributed by atoms with E-state index in [9.17, 15) is 17.6 Å². The van der Waals surface area contributed by atoms with Crippen molar-refractivity contribution < 1.29 is 27.0 Å². The third-order valence-electron chi connectivity index (χ3n) is 7.11. The van der Waals surface area contributed by atoms with Crippen molar-refractivity contribution in [2.75, 3.05) is 13.2 Å². The fourth-order valence-electron chi connectivity index (χ4n) is 4.93. The molecule has 0 radical (unpaired) electrons. The third-order valence-corrected chi connectivity index (χ3v) is 7.11. The Balaban J connectivity index is 1.62. The van der Waals surface area contributed by atoms with E-state index < -0.39 is 29.2 Å². The molecule has 2 aromatic rings. The molecule has 200 valence electrons. The smallest absolute Gasteiger partial charge is 0.200 e. The molecular weight excluding hydrogens is 468 g/mol. The number of rotatable bonds is 15. The van der Waals surface area contributed by atoms with Gasteiger partial charge in [-0.2, -0.15) is 8.78 Å². The highest BCUT2D eigenvalue weighted by Crippen LogP contribution is 2.39. The molecule has 2 aromatic carbocycles. The van der Waals surface area contributed by atoms with Crippen molar-refractivity contribution in [2.45, 2.75) is 103 Å². The van der Waals surface area contributed by atoms with E-state index in [0.29, 0.717) is 31.6 Å². The van der Waals surface area contributed by atoms with E-state index in [-0.39, 0.29) is 29.0 Å². The number of unbranched alkanes of at least 4 members (excludes halogenated alkanes) is 8. The van der Waals surface area contributed by atoms with Crippen LogP contribution in [0, 0.1) is 23.3 Å². The number of hydrogen-bond donors (Lipinski definition) is 0. The summed E-state index contributed by atoms with van der Waals surface area (Å²) in [5.41, 5.74) is 1.09. The monoisotopic (exact) mass is 508 g/mol. The fraction of sp³-hybridized carbons (Fsp3) is 0.600. The second-order valence-electron chi connectivity index (χ2n) is 9.89. The number of ether oxygens (including phenoxy) is 2. The number of hydrogen-bond acceptors (Lipinski definition) is 2. The molecule has 0 aromatic heterocycles. The molecule has 2 nitrogen and oxygen atoms in total. The summed E-state index contributed by atoms with van der Waals surface area (Å²) >= 11 is 0. The summed E-state index contributed by atoms with van der Waals surface area (Å²) in [4.78, 5) is 0. The summed E-state index contributed by atoms with van der Waals surface area (Å²) in [6, 6.07) is 4.54. The van der Waals surface area contributed by atoms with Gasteiger partial charge in [-0.15, -0.1) is 0 Å². The van der Waals surface area contributed by atoms with Crippen LogP contribution in [0.4, 0.5) is 17.6 Å². The molecule has 36 heavy (non-hydrogen) atoms. The van der Waals surface area contributed by atoms with E-state index >= 15 is 0 Å². The molecule has 0 amide bonds. The second kappa shape index (κ2) is 14.5. The van der Waals surface area contributed by atoms with Crippen LogP contribution in [0.1, 0.15) is 107 Å². The first kappa shape index (κ1) is 28.3. The van der Waals surface area contributed by atoms with Gasteiger partial charge in [-0.3, -0.25) is 0 Å². The molecule has 0 bridgehead atoms. The first-order chi connectivity index (χ1) is 17.5. The average molecular weight is 509 g/mol. The average Bonchev–Trinajstić information content (AvgIpc) is 2.88. The molecule has 0 aliphatic heterocycles. The maximum Gasteiger partial charge on any atom is 0.200 e. The highest BCUT2D eigenvalue weighted by atomic mass is 19.2. The van der Waals surface area contributed by atoms with E-state index in [4.69, 9.17) is 9.47 Å². The van der Waals surface area contributed by atoms with Gasteiger partial charge in [-0.25, -0.2) is 8.78 Å². The second-order valence-corrected chi connectivity index (χ2v) is 9.89. The predicted molar refractivity (Wildman–Crippen MR) is 136 cm³/mol. The van der Waals surface area contributed by atoms with Crippen molar-refractivity contribution in [3.63, 3.8) is 0 Å². The van der Waals surface area contributed by atoms with Crippen LogP contribution in [0.25, 0.3) is 0 Å². The van der Waals surface area contributed by atoms with Gasteiger partial charge in [-0.05, 0) is 66.8 Å². The van der Waals surface area contributed by atoms with E-state index in [2.05, 4.69) is 13.8 Å². The lowest BCUT2D eigenvalue weighted by atomic mass is 9.79. The Morgan fingerprint density at radius 2 is 1.28 bits per heavy atom. The zero-order valence-corrected chi connectivity index (χ0v) is 21.7. The van der Waals surface area contributed by atoms with Gasteiger partial charge in [0.2, 0.25) is 11.6 Å². The highest BCUT2D eigenvalue weighted by molar-refractivity contribution is 5.43. The molecule has 0 N–H and O–H groups in total. The van der Waals surface area contributed by atoms with Crippen LogP contribution >= 0.6 is 0 Å². The van der Waals surface area contributed by atoms with Crippen molar-refractivity contribution in [2.24, 2.45) is 0 Å². The van der Waals surface area contributed by atoms with Crippen LogP contribution in [-0.4, -0.2) is 13.2 Å². The minimum Gasteiger partial charge on any atom is -0.490 e. The zero-order chi connectivity index (χ0) is 25.9. The molecule has 0 heterocycles. The first-order valence-electron chi connectivity index (χ1n) is 13.7. The molecule has 1 atom stereocenters. The number of halogens is 4. The van der Waals surface area contributed by atoms with Crippen LogP contribution in [0.5, 0.6) is 11.5 Å². The van der Waals surface area contributed by atoms with Gasteiger partial charge in [-0.1, -0.05) is 71.3 Å². The van der Waals surface area contributed by atoms with Crippen molar-refractivity contribution in [3.05, 3.63) is 58.2 Å². The topological polar surface area (TPSA) is 18.5 Å². The van der Waals surface area contributed by atoms with E-state index in [1.807, 2.05) is 0 Å². The van der Waals surface area contributed by atoms with Gasteiger partial charge < -0.3 is 9.47 Å². The van der Waals surface area contributed by atoms with Crippen LogP contribution < -0.4 is 9.47 Å². The first-order valence-corrected chi connectivity index (χ1v) is 13.7. The standard InChI is InChI=1S/C30H40F4O2/c1-3-5-7-9-10-12-18-36-26-20-22-14-13-21(19-24(22)28(32)30(26)34)23-15-16-25(29(33)27(23)31)35-17-11-8-6-4-2/h15-16,20-21H,3-14,17-19H2,1-2H3. The SMILES string of the molecule is CCCCCCCCOc1cc2c(c(F)c1F)CC(c1ccc(OCCCCCC)c(F)c1F)CC2. The Morgan fingerprint density at radius 3 is 1.97 bits per heavy atom. The highest BCUT2D eigenvalue weighted by Gasteiger charge is 2.29. The van der Waals surface area contributed by atoms with Crippen molar-refractivity contribution >= 4 is 0 Å². The Bertz CT molecular complexity index is 976. The Morgan fingerprint density at radius 1 is 0.694 bits per heavy atom. The van der Waals surface area contributed by atoms with Gasteiger partial charge in [0.05, 0.1) is 13.2 Å². The largest absolute Gasteiger partial charge is 0.490 e. The molecule has 3 rings (SSSR count). The maximum atomic E-state index is 15.0. The Labute approximate surface area is 213 Å². The number of fused-ring (bicyclic) bond motifs is 1. The van der Waals surface area contributed by atoms with Crippen molar-refractivity contribution in [3.8, 4) is 11.5 Å². The molecule has 1 aliphatic rings. The van der Waals surface area contributed by atoms with Crippen LogP contribution in [0.3, 0.4) is 0 Å². The van der Waals surface area contributed by atoms with E-state index in [1.54, 1.807) is 6.07 Å². The minimum atomic E-state index is -1.01. The summed E-state index contributed by atoms with van der Waals surface area (Å²) in [6.45, 7) is 4.94. The molecule has 1 aliphatic carbocycles. The Kier molecular flexibility index (Phi) is 11.4. The van der Waals surface area contributed by atoms with Gasteiger partial charge in [0.1, 0.15) is 0 Å². The molecule has 0 fully saturated rings. The summed E-state index contributed by atoms with van der Waals surface area (Å²) < 4.78 is 70.3. The third kappa shape index (κ3) is 7.39. The van der Waals surface area contributed by atoms with E-state index in [1.165, 1.54) is 31.4 Å². The molecule has 0 saturated heterocycles. The minimum absolute atomic E-state index is 0.0593. The quantitative estimate of drug-likeness (QED) is 0.176. The normalized spacial score (nSPS) is 15.1. The molecule has 6 heteroatoms. The number of benzene rings is 2. The fourth-order valence-corrected chi connectivity index (χ4v) is 4.93. The molecule has 1 unspecified atom stereocenters. The van der Waals surface area contributed by atoms with Gasteiger partial charge in [0, 0.05) is 0 Å². The summed E-state index contributed by atoms with van der Waals surface area (Å²) in [7, 11) is 0. The van der Waals surface area contributed by atoms with Crippen molar-refractivity contribution in [1.29, 1.82) is 0 Å². The maximum absolute atomic E-state index is 15.0. The number of aryl methyl sites for hydroxylation is 1. The van der Waals surface area contributed by atoms with Crippen LogP contribution in [0.2, 0.25) is 0 Å². The van der Waals surface area contributed by atoms with Crippen LogP contribution in [0.15, 0.2) is 18.2 Å². The molecule has 0 spiro atoms. The summed E-state index contributed by atoms with van der Waals surface area (Å²) in [5.74, 6) is -4.52. The lowest BCUT2D eigenvalue weighted by molar-refractivity contribution is 0.282. The van der Waals surface area contributed by atoms with Gasteiger partial charge >= 0.3 is 0 Å². The zero-order valence-electron chi connectivity index (χ0n) is 21.7. The van der Waals surface area contributed by atoms with Gasteiger partial charge in [0.15, 0.2) is 23.1 Å². The van der Waals surface area contributed by atoms with Crippen molar-refractivity contribution in [1.82, 2.24) is 0 Å². The van der Waals surface area contributed by atoms with Gasteiger partial charge in [0.25, 0.3) is 0 Å². The lowest BCUT2D eigenvalue weighted by Crippen LogP contribution is -2.18. The lowest BCUT2D eigenvalue weighted by Gasteiger charge is -2.27. The molecular formula is C30H40F4O2.